The minimum Gasteiger partial charge on any atom is -0.271 e. The molecule has 0 saturated carbocycles. The van der Waals surface area contributed by atoms with Gasteiger partial charge in [-0.15, -0.1) is 0 Å². The molecule has 0 fully saturated rings. The van der Waals surface area contributed by atoms with E-state index >= 15 is 0 Å². The Balaban J connectivity index is 2.58. The van der Waals surface area contributed by atoms with E-state index in [1.165, 1.54) is 12.1 Å². The molecule has 2 aromatic carbocycles. The molecule has 0 aliphatic rings. The van der Waals surface area contributed by atoms with E-state index in [2.05, 4.69) is 21.4 Å². The summed E-state index contributed by atoms with van der Waals surface area (Å²) < 4.78 is 40.6. The maximum Gasteiger partial charge on any atom is 0.173 e. The first-order valence-corrected chi connectivity index (χ1v) is 6.60. The van der Waals surface area contributed by atoms with Gasteiger partial charge in [-0.2, -0.15) is 0 Å². The summed E-state index contributed by atoms with van der Waals surface area (Å²) in [5.74, 6) is 2.97. The van der Waals surface area contributed by atoms with Gasteiger partial charge in [0.25, 0.3) is 0 Å². The van der Waals surface area contributed by atoms with Crippen molar-refractivity contribution in [3.8, 4) is 0 Å². The molecule has 2 rings (SSSR count). The van der Waals surface area contributed by atoms with Crippen molar-refractivity contribution < 1.29 is 13.2 Å². The third kappa shape index (κ3) is 2.72. The molecule has 0 bridgehead atoms. The molecule has 0 aliphatic carbocycles. The molecule has 0 aliphatic heterocycles. The van der Waals surface area contributed by atoms with Crippen LogP contribution in [-0.2, 0) is 0 Å². The van der Waals surface area contributed by atoms with Crippen LogP contribution in [0.1, 0.15) is 22.7 Å². The van der Waals surface area contributed by atoms with Crippen LogP contribution < -0.4 is 11.3 Å². The predicted molar refractivity (Wildman–Crippen MR) is 74.4 cm³/mol. The van der Waals surface area contributed by atoms with E-state index in [1.807, 2.05) is 0 Å². The van der Waals surface area contributed by atoms with Gasteiger partial charge >= 0.3 is 0 Å². The molecule has 0 spiro atoms. The molecule has 1 atom stereocenters. The summed E-state index contributed by atoms with van der Waals surface area (Å²) in [5, 5.41) is 0. The first-order chi connectivity index (χ1) is 9.45. The fourth-order valence-corrected chi connectivity index (χ4v) is 2.55. The van der Waals surface area contributed by atoms with Crippen molar-refractivity contribution in [3.05, 3.63) is 68.9 Å². The van der Waals surface area contributed by atoms with Crippen molar-refractivity contribution in [1.29, 1.82) is 0 Å². The van der Waals surface area contributed by atoms with Crippen LogP contribution in [0, 0.1) is 24.4 Å². The van der Waals surface area contributed by atoms with Crippen LogP contribution in [0.4, 0.5) is 13.2 Å². The second-order valence-electron chi connectivity index (χ2n) is 4.39. The van der Waals surface area contributed by atoms with Crippen LogP contribution in [0.15, 0.2) is 34.8 Å². The summed E-state index contributed by atoms with van der Waals surface area (Å²) in [4.78, 5) is 0. The summed E-state index contributed by atoms with van der Waals surface area (Å²) >= 11 is 2.98. The molecule has 20 heavy (non-hydrogen) atoms. The summed E-state index contributed by atoms with van der Waals surface area (Å²) in [6, 6.07) is 6.07. The van der Waals surface area contributed by atoms with E-state index in [-0.39, 0.29) is 10.0 Å². The lowest BCUT2D eigenvalue weighted by Gasteiger charge is -2.20. The summed E-state index contributed by atoms with van der Waals surface area (Å²) in [6.07, 6.45) is 0. The standard InChI is InChI=1S/C14H12BrF3N2/c1-7-2-4-10(16)9(6-7)14(20-19)8-3-5-11(17)13(18)12(8)15/h2-6,14,20H,19H2,1H3. The van der Waals surface area contributed by atoms with Crippen molar-refractivity contribution in [3.63, 3.8) is 0 Å². The Hall–Kier alpha value is -1.37. The molecular weight excluding hydrogens is 333 g/mol. The van der Waals surface area contributed by atoms with E-state index in [0.29, 0.717) is 5.56 Å². The zero-order valence-electron chi connectivity index (χ0n) is 10.6. The molecule has 2 nitrogen and oxygen atoms in total. The van der Waals surface area contributed by atoms with Gasteiger partial charge in [0.05, 0.1) is 10.5 Å². The molecule has 2 aromatic rings. The largest absolute Gasteiger partial charge is 0.271 e. The minimum absolute atomic E-state index is 0.0821. The summed E-state index contributed by atoms with van der Waals surface area (Å²) in [7, 11) is 0. The summed E-state index contributed by atoms with van der Waals surface area (Å²) in [6.45, 7) is 1.80. The van der Waals surface area contributed by atoms with Gasteiger partial charge in [-0.25, -0.2) is 18.6 Å². The molecular formula is C14H12BrF3N2. The number of nitrogens with one attached hydrogen (secondary N) is 1. The zero-order chi connectivity index (χ0) is 14.9. The Morgan fingerprint density at radius 1 is 1.05 bits per heavy atom. The highest BCUT2D eigenvalue weighted by Gasteiger charge is 2.22. The van der Waals surface area contributed by atoms with Crippen LogP contribution in [0.5, 0.6) is 0 Å². The highest BCUT2D eigenvalue weighted by molar-refractivity contribution is 9.10. The smallest absolute Gasteiger partial charge is 0.173 e. The Bertz CT molecular complexity index is 647. The number of hydrogen-bond acceptors (Lipinski definition) is 2. The van der Waals surface area contributed by atoms with Gasteiger partial charge in [0.2, 0.25) is 0 Å². The van der Waals surface area contributed by atoms with Gasteiger partial charge in [0.15, 0.2) is 11.6 Å². The molecule has 0 heterocycles. The second kappa shape index (κ2) is 5.95. The molecule has 0 amide bonds. The van der Waals surface area contributed by atoms with Gasteiger partial charge in [-0.3, -0.25) is 5.84 Å². The van der Waals surface area contributed by atoms with Crippen LogP contribution in [0.3, 0.4) is 0 Å². The quantitative estimate of drug-likeness (QED) is 0.505. The van der Waals surface area contributed by atoms with Gasteiger partial charge in [-0.05, 0) is 40.5 Å². The van der Waals surface area contributed by atoms with E-state index in [4.69, 9.17) is 5.84 Å². The van der Waals surface area contributed by atoms with Crippen molar-refractivity contribution >= 4 is 15.9 Å². The summed E-state index contributed by atoms with van der Waals surface area (Å²) in [5.41, 5.74) is 3.84. The van der Waals surface area contributed by atoms with E-state index in [1.54, 1.807) is 19.1 Å². The molecule has 6 heteroatoms. The number of nitrogens with two attached hydrogens (primary N) is 1. The first-order valence-electron chi connectivity index (χ1n) is 5.81. The lowest BCUT2D eigenvalue weighted by atomic mass is 9.97. The number of halogens is 4. The highest BCUT2D eigenvalue weighted by Crippen LogP contribution is 2.32. The topological polar surface area (TPSA) is 38.0 Å². The first kappa shape index (κ1) is 15.0. The Morgan fingerprint density at radius 2 is 1.70 bits per heavy atom. The maximum absolute atomic E-state index is 13.9. The zero-order valence-corrected chi connectivity index (χ0v) is 12.1. The normalized spacial score (nSPS) is 12.5. The number of hydrogen-bond donors (Lipinski definition) is 2. The molecule has 0 radical (unpaired) electrons. The second-order valence-corrected chi connectivity index (χ2v) is 5.18. The van der Waals surface area contributed by atoms with Crippen LogP contribution in [0.25, 0.3) is 0 Å². The van der Waals surface area contributed by atoms with Crippen LogP contribution in [0.2, 0.25) is 0 Å². The van der Waals surface area contributed by atoms with Crippen LogP contribution >= 0.6 is 15.9 Å². The van der Waals surface area contributed by atoms with Gasteiger partial charge in [0.1, 0.15) is 5.82 Å². The van der Waals surface area contributed by atoms with E-state index < -0.39 is 23.5 Å². The third-order valence-electron chi connectivity index (χ3n) is 3.01. The number of benzene rings is 2. The molecule has 106 valence electrons. The fraction of sp³-hybridized carbons (Fsp3) is 0.143. The van der Waals surface area contributed by atoms with E-state index in [0.717, 1.165) is 11.6 Å². The number of rotatable bonds is 3. The van der Waals surface area contributed by atoms with Gasteiger partial charge in [0, 0.05) is 5.56 Å². The number of aryl methyl sites for hydroxylation is 1. The maximum atomic E-state index is 13.9. The predicted octanol–water partition coefficient (Wildman–Crippen LogP) is 3.73. The fourth-order valence-electron chi connectivity index (χ4n) is 2.00. The molecule has 0 aromatic heterocycles. The molecule has 3 N–H and O–H groups in total. The Labute approximate surface area is 122 Å². The van der Waals surface area contributed by atoms with Crippen molar-refractivity contribution in [2.24, 2.45) is 5.84 Å². The van der Waals surface area contributed by atoms with Crippen molar-refractivity contribution in [2.75, 3.05) is 0 Å². The lowest BCUT2D eigenvalue weighted by Crippen LogP contribution is -2.30. The molecule has 0 saturated heterocycles. The van der Waals surface area contributed by atoms with Crippen LogP contribution in [-0.4, -0.2) is 0 Å². The van der Waals surface area contributed by atoms with E-state index in [9.17, 15) is 13.2 Å². The molecule has 1 unspecified atom stereocenters. The van der Waals surface area contributed by atoms with Gasteiger partial charge < -0.3 is 0 Å². The number of hydrazine groups is 1. The Morgan fingerprint density at radius 3 is 2.35 bits per heavy atom. The third-order valence-corrected chi connectivity index (χ3v) is 3.81. The lowest BCUT2D eigenvalue weighted by molar-refractivity contribution is 0.496. The average molecular weight is 345 g/mol. The average Bonchev–Trinajstić information content (AvgIpc) is 2.43. The SMILES string of the molecule is Cc1ccc(F)c(C(NN)c2ccc(F)c(F)c2Br)c1. The minimum atomic E-state index is -1.03. The highest BCUT2D eigenvalue weighted by atomic mass is 79.9. The van der Waals surface area contributed by atoms with Gasteiger partial charge in [-0.1, -0.05) is 23.8 Å². The monoisotopic (exact) mass is 344 g/mol. The van der Waals surface area contributed by atoms with Crippen molar-refractivity contribution in [1.82, 2.24) is 5.43 Å². The van der Waals surface area contributed by atoms with Crippen molar-refractivity contribution in [2.45, 2.75) is 13.0 Å². The Kier molecular flexibility index (Phi) is 4.47.